The van der Waals surface area contributed by atoms with Crippen LogP contribution in [0, 0.1) is 11.3 Å². The first kappa shape index (κ1) is 9.71. The summed E-state index contributed by atoms with van der Waals surface area (Å²) >= 11 is 0. The monoisotopic (exact) mass is 189 g/mol. The number of hydrogen-bond donors (Lipinski definition) is 1. The Hall–Kier alpha value is -0.380. The molecule has 4 heteroatoms. The van der Waals surface area contributed by atoms with Crippen molar-refractivity contribution in [2.45, 2.75) is 27.2 Å². The van der Waals surface area contributed by atoms with Gasteiger partial charge in [-0.05, 0) is 11.8 Å². The zero-order chi connectivity index (χ0) is 9.35. The van der Waals surface area contributed by atoms with Crippen molar-refractivity contribution >= 4 is 16.9 Å². The maximum Gasteiger partial charge on any atom is 0.235 e. The molecule has 0 aromatic carbocycles. The van der Waals surface area contributed by atoms with Gasteiger partial charge in [0.05, 0.1) is 11.7 Å². The van der Waals surface area contributed by atoms with Crippen molar-refractivity contribution < 1.29 is 9.00 Å². The van der Waals surface area contributed by atoms with Gasteiger partial charge in [-0.3, -0.25) is 9.52 Å². The maximum absolute atomic E-state index is 11.2. The second kappa shape index (κ2) is 3.17. The fraction of sp³-hybridized carbons (Fsp3) is 0.875. The third kappa shape index (κ3) is 2.59. The van der Waals surface area contributed by atoms with Crippen LogP contribution in [0.15, 0.2) is 0 Å². The zero-order valence-corrected chi connectivity index (χ0v) is 8.53. The SMILES string of the molecule is CC(C)(C)CC1CS(=O)NC1=O. The van der Waals surface area contributed by atoms with Crippen molar-refractivity contribution in [3.63, 3.8) is 0 Å². The Bertz CT molecular complexity index is 220. The molecule has 1 saturated heterocycles. The topological polar surface area (TPSA) is 46.2 Å². The highest BCUT2D eigenvalue weighted by Crippen LogP contribution is 2.26. The number of carbonyl (C=O) groups is 1. The average Bonchev–Trinajstić information content (AvgIpc) is 2.06. The van der Waals surface area contributed by atoms with Gasteiger partial charge in [-0.2, -0.15) is 0 Å². The third-order valence-electron chi connectivity index (χ3n) is 1.80. The maximum atomic E-state index is 11.2. The minimum atomic E-state index is -1.12. The van der Waals surface area contributed by atoms with Crippen molar-refractivity contribution in [2.75, 3.05) is 5.75 Å². The molecule has 1 rings (SSSR count). The number of amides is 1. The molecular weight excluding hydrogens is 174 g/mol. The molecule has 0 aromatic heterocycles. The number of hydrogen-bond acceptors (Lipinski definition) is 2. The van der Waals surface area contributed by atoms with E-state index < -0.39 is 11.0 Å². The first-order valence-electron chi connectivity index (χ1n) is 4.07. The van der Waals surface area contributed by atoms with E-state index >= 15 is 0 Å². The molecule has 1 aliphatic rings. The number of rotatable bonds is 1. The first-order chi connectivity index (χ1) is 5.38. The van der Waals surface area contributed by atoms with Gasteiger partial charge in [0.2, 0.25) is 5.91 Å². The van der Waals surface area contributed by atoms with Gasteiger partial charge in [-0.25, -0.2) is 4.21 Å². The predicted octanol–water partition coefficient (Wildman–Crippen LogP) is 0.832. The smallest absolute Gasteiger partial charge is 0.235 e. The van der Waals surface area contributed by atoms with Gasteiger partial charge in [0.25, 0.3) is 0 Å². The van der Waals surface area contributed by atoms with Crippen molar-refractivity contribution in [3.05, 3.63) is 0 Å². The van der Waals surface area contributed by atoms with Crippen molar-refractivity contribution in [2.24, 2.45) is 11.3 Å². The Morgan fingerprint density at radius 1 is 1.58 bits per heavy atom. The zero-order valence-electron chi connectivity index (χ0n) is 7.72. The second-order valence-electron chi connectivity index (χ2n) is 4.44. The van der Waals surface area contributed by atoms with Gasteiger partial charge in [0.15, 0.2) is 0 Å². The van der Waals surface area contributed by atoms with Crippen LogP contribution < -0.4 is 4.72 Å². The largest absolute Gasteiger partial charge is 0.275 e. The molecule has 2 unspecified atom stereocenters. The van der Waals surface area contributed by atoms with Crippen LogP contribution in [0.3, 0.4) is 0 Å². The summed E-state index contributed by atoms with van der Waals surface area (Å²) in [7, 11) is -1.12. The second-order valence-corrected chi connectivity index (χ2v) is 5.67. The summed E-state index contributed by atoms with van der Waals surface area (Å²) in [6.45, 7) is 6.25. The fourth-order valence-corrected chi connectivity index (χ4v) is 2.50. The quantitative estimate of drug-likeness (QED) is 0.664. The molecule has 1 aliphatic heterocycles. The summed E-state index contributed by atoms with van der Waals surface area (Å²) in [6.07, 6.45) is 0.810. The van der Waals surface area contributed by atoms with Crippen LogP contribution in [0.2, 0.25) is 0 Å². The lowest BCUT2D eigenvalue weighted by molar-refractivity contribution is -0.122. The van der Waals surface area contributed by atoms with Gasteiger partial charge >= 0.3 is 0 Å². The van der Waals surface area contributed by atoms with Crippen LogP contribution in [0.5, 0.6) is 0 Å². The van der Waals surface area contributed by atoms with E-state index in [0.717, 1.165) is 6.42 Å². The highest BCUT2D eigenvalue weighted by atomic mass is 32.2. The van der Waals surface area contributed by atoms with Crippen LogP contribution >= 0.6 is 0 Å². The van der Waals surface area contributed by atoms with Crippen molar-refractivity contribution in [3.8, 4) is 0 Å². The molecule has 0 spiro atoms. The molecule has 12 heavy (non-hydrogen) atoms. The number of nitrogens with one attached hydrogen (secondary N) is 1. The highest BCUT2D eigenvalue weighted by molar-refractivity contribution is 7.84. The molecule has 2 atom stereocenters. The normalized spacial score (nSPS) is 30.4. The lowest BCUT2D eigenvalue weighted by atomic mass is 9.85. The summed E-state index contributed by atoms with van der Waals surface area (Å²) in [4.78, 5) is 11.2. The van der Waals surface area contributed by atoms with E-state index in [1.165, 1.54) is 0 Å². The van der Waals surface area contributed by atoms with E-state index in [4.69, 9.17) is 0 Å². The summed E-state index contributed by atoms with van der Waals surface area (Å²) in [5.74, 6) is 0.380. The molecule has 0 saturated carbocycles. The fourth-order valence-electron chi connectivity index (χ4n) is 1.39. The molecule has 1 N–H and O–H groups in total. The lowest BCUT2D eigenvalue weighted by Gasteiger charge is -2.20. The Morgan fingerprint density at radius 3 is 2.50 bits per heavy atom. The Morgan fingerprint density at radius 2 is 2.17 bits per heavy atom. The lowest BCUT2D eigenvalue weighted by Crippen LogP contribution is -2.23. The summed E-state index contributed by atoms with van der Waals surface area (Å²) in [5, 5.41) is 0. The van der Waals surface area contributed by atoms with E-state index in [2.05, 4.69) is 25.5 Å². The molecule has 0 bridgehead atoms. The van der Waals surface area contributed by atoms with E-state index in [1.54, 1.807) is 0 Å². The van der Waals surface area contributed by atoms with Crippen LogP contribution in [0.25, 0.3) is 0 Å². The van der Waals surface area contributed by atoms with Gasteiger partial charge < -0.3 is 0 Å². The van der Waals surface area contributed by atoms with Crippen LogP contribution in [-0.4, -0.2) is 15.9 Å². The van der Waals surface area contributed by atoms with Gasteiger partial charge in [0.1, 0.15) is 11.0 Å². The number of carbonyl (C=O) groups excluding carboxylic acids is 1. The van der Waals surface area contributed by atoms with Crippen LogP contribution in [0.4, 0.5) is 0 Å². The van der Waals surface area contributed by atoms with Gasteiger partial charge in [-0.15, -0.1) is 0 Å². The molecule has 0 radical (unpaired) electrons. The molecule has 0 aromatic rings. The van der Waals surface area contributed by atoms with Crippen molar-refractivity contribution in [1.82, 2.24) is 4.72 Å². The van der Waals surface area contributed by atoms with E-state index in [0.29, 0.717) is 5.75 Å². The highest BCUT2D eigenvalue weighted by Gasteiger charge is 2.32. The summed E-state index contributed by atoms with van der Waals surface area (Å²) in [5.41, 5.74) is 0.135. The molecule has 3 nitrogen and oxygen atoms in total. The van der Waals surface area contributed by atoms with Crippen LogP contribution in [0.1, 0.15) is 27.2 Å². The Balaban J connectivity index is 2.54. The molecule has 1 fully saturated rings. The van der Waals surface area contributed by atoms with Gasteiger partial charge in [0, 0.05) is 0 Å². The minimum Gasteiger partial charge on any atom is -0.275 e. The Labute approximate surface area is 75.5 Å². The van der Waals surface area contributed by atoms with Gasteiger partial charge in [-0.1, -0.05) is 20.8 Å². The van der Waals surface area contributed by atoms with E-state index in [9.17, 15) is 9.00 Å². The molecule has 1 heterocycles. The van der Waals surface area contributed by atoms with E-state index in [1.807, 2.05) is 0 Å². The van der Waals surface area contributed by atoms with Crippen LogP contribution in [-0.2, 0) is 15.8 Å². The predicted molar refractivity (Wildman–Crippen MR) is 48.7 cm³/mol. The Kier molecular flexibility index (Phi) is 2.56. The minimum absolute atomic E-state index is 0.0502. The third-order valence-corrected chi connectivity index (χ3v) is 2.93. The molecule has 0 aliphatic carbocycles. The molecule has 1 amide bonds. The average molecular weight is 189 g/mol. The summed E-state index contributed by atoms with van der Waals surface area (Å²) in [6, 6.07) is 0. The van der Waals surface area contributed by atoms with Crippen molar-refractivity contribution in [1.29, 1.82) is 0 Å². The first-order valence-corrected chi connectivity index (χ1v) is 5.39. The summed E-state index contributed by atoms with van der Waals surface area (Å²) < 4.78 is 13.4. The molecule has 70 valence electrons. The molecular formula is C8H15NO2S. The standard InChI is InChI=1S/C8H15NO2S/c1-8(2,3)4-6-5-12(11)9-7(6)10/h6H,4-5H2,1-3H3,(H,9,10). The van der Waals surface area contributed by atoms with E-state index in [-0.39, 0.29) is 17.2 Å².